The van der Waals surface area contributed by atoms with Crippen molar-refractivity contribution in [2.75, 3.05) is 6.61 Å². The summed E-state index contributed by atoms with van der Waals surface area (Å²) in [5.41, 5.74) is 1.66. The van der Waals surface area contributed by atoms with Crippen molar-refractivity contribution < 1.29 is 23.7 Å². The molecule has 3 atom stereocenters. The quantitative estimate of drug-likeness (QED) is 0.801. The molecule has 2 aliphatic rings. The summed E-state index contributed by atoms with van der Waals surface area (Å²) in [6.07, 6.45) is 0.0617. The van der Waals surface area contributed by atoms with Gasteiger partial charge in [-0.1, -0.05) is 17.7 Å². The lowest BCUT2D eigenvalue weighted by atomic mass is 10.1. The fourth-order valence-electron chi connectivity index (χ4n) is 2.63. The zero-order valence-electron chi connectivity index (χ0n) is 12.5. The molecule has 0 bridgehead atoms. The average Bonchev–Trinajstić information content (AvgIpc) is 2.89. The maximum Gasteiger partial charge on any atom is 0.338 e. The highest BCUT2D eigenvalue weighted by Gasteiger charge is 2.48. The maximum absolute atomic E-state index is 11.9. The number of hydrogen-bond acceptors (Lipinski definition) is 5. The summed E-state index contributed by atoms with van der Waals surface area (Å²) in [5.74, 6) is -0.934. The van der Waals surface area contributed by atoms with Crippen molar-refractivity contribution in [3.05, 3.63) is 35.4 Å². The van der Waals surface area contributed by atoms with E-state index in [9.17, 15) is 4.79 Å². The van der Waals surface area contributed by atoms with E-state index in [1.165, 1.54) is 0 Å². The standard InChI is InChI=1S/C16H20O5/c1-10-4-6-11(7-5-10)14(17)18-9-12-8-13-15(19-12)21-16(2,3)20-13/h4-7,12-13,15H,8-9H2,1-3H3/t12-,13-,15-/m1/s1. The van der Waals surface area contributed by atoms with Gasteiger partial charge < -0.3 is 18.9 Å². The molecule has 0 spiro atoms. The Morgan fingerprint density at radius 3 is 2.67 bits per heavy atom. The molecule has 5 heteroatoms. The molecule has 21 heavy (non-hydrogen) atoms. The molecule has 0 unspecified atom stereocenters. The molecule has 0 N–H and O–H groups in total. The van der Waals surface area contributed by atoms with Crippen LogP contribution in [0.15, 0.2) is 24.3 Å². The fourth-order valence-corrected chi connectivity index (χ4v) is 2.63. The first-order chi connectivity index (χ1) is 9.93. The van der Waals surface area contributed by atoms with E-state index in [4.69, 9.17) is 18.9 Å². The second-order valence-electron chi connectivity index (χ2n) is 6.00. The van der Waals surface area contributed by atoms with Crippen molar-refractivity contribution in [1.29, 1.82) is 0 Å². The van der Waals surface area contributed by atoms with E-state index >= 15 is 0 Å². The van der Waals surface area contributed by atoms with Crippen LogP contribution in [0.4, 0.5) is 0 Å². The number of benzene rings is 1. The van der Waals surface area contributed by atoms with E-state index < -0.39 is 5.79 Å². The van der Waals surface area contributed by atoms with E-state index in [-0.39, 0.29) is 31.1 Å². The minimum absolute atomic E-state index is 0.0805. The Hall–Kier alpha value is -1.43. The molecular weight excluding hydrogens is 272 g/mol. The third kappa shape index (κ3) is 3.26. The van der Waals surface area contributed by atoms with Gasteiger partial charge in [0, 0.05) is 6.42 Å². The van der Waals surface area contributed by atoms with Crippen LogP contribution in [0, 0.1) is 6.92 Å². The first-order valence-corrected chi connectivity index (χ1v) is 7.18. The molecule has 3 rings (SSSR count). The van der Waals surface area contributed by atoms with E-state index in [1.807, 2.05) is 32.9 Å². The fraction of sp³-hybridized carbons (Fsp3) is 0.562. The van der Waals surface area contributed by atoms with Gasteiger partial charge in [0.25, 0.3) is 0 Å². The summed E-state index contributed by atoms with van der Waals surface area (Å²) < 4.78 is 22.3. The Bertz CT molecular complexity index is 506. The molecular formula is C16H20O5. The molecule has 0 aromatic heterocycles. The predicted octanol–water partition coefficient (Wildman–Crippen LogP) is 2.42. The van der Waals surface area contributed by atoms with Crippen molar-refractivity contribution in [2.45, 2.75) is 51.5 Å². The summed E-state index contributed by atoms with van der Waals surface area (Å²) in [6.45, 7) is 5.91. The number of fused-ring (bicyclic) bond motifs is 1. The van der Waals surface area contributed by atoms with Gasteiger partial charge in [-0.2, -0.15) is 0 Å². The van der Waals surface area contributed by atoms with Crippen molar-refractivity contribution in [1.82, 2.24) is 0 Å². The SMILES string of the molecule is Cc1ccc(C(=O)OC[C@H]2C[C@H]3OC(C)(C)O[C@H]3O2)cc1. The summed E-state index contributed by atoms with van der Waals surface area (Å²) in [5, 5.41) is 0. The lowest BCUT2D eigenvalue weighted by molar-refractivity contribution is -0.207. The zero-order valence-corrected chi connectivity index (χ0v) is 12.5. The van der Waals surface area contributed by atoms with E-state index in [0.717, 1.165) is 5.56 Å². The zero-order chi connectivity index (χ0) is 15.0. The third-order valence-corrected chi connectivity index (χ3v) is 3.65. The van der Waals surface area contributed by atoms with Crippen molar-refractivity contribution in [3.63, 3.8) is 0 Å². The average molecular weight is 292 g/mol. The second kappa shape index (κ2) is 5.40. The minimum Gasteiger partial charge on any atom is -0.459 e. The number of carbonyl (C=O) groups is 1. The number of carbonyl (C=O) groups excluding carboxylic acids is 1. The molecule has 0 radical (unpaired) electrons. The van der Waals surface area contributed by atoms with Gasteiger partial charge in [0.05, 0.1) is 11.7 Å². The van der Waals surface area contributed by atoms with Crippen LogP contribution in [0.3, 0.4) is 0 Å². The summed E-state index contributed by atoms with van der Waals surface area (Å²) in [4.78, 5) is 11.9. The Balaban J connectivity index is 1.49. The number of aryl methyl sites for hydroxylation is 1. The molecule has 0 amide bonds. The lowest BCUT2D eigenvalue weighted by Crippen LogP contribution is -2.26. The summed E-state index contributed by atoms with van der Waals surface area (Å²) in [6, 6.07) is 7.29. The minimum atomic E-state index is -0.598. The molecule has 2 heterocycles. The highest BCUT2D eigenvalue weighted by Crippen LogP contribution is 2.37. The second-order valence-corrected chi connectivity index (χ2v) is 6.00. The molecule has 2 saturated heterocycles. The van der Waals surface area contributed by atoms with Gasteiger partial charge in [0.2, 0.25) is 0 Å². The van der Waals surface area contributed by atoms with Gasteiger partial charge in [-0.05, 0) is 32.9 Å². The van der Waals surface area contributed by atoms with Crippen LogP contribution >= 0.6 is 0 Å². The van der Waals surface area contributed by atoms with Crippen LogP contribution in [0.25, 0.3) is 0 Å². The van der Waals surface area contributed by atoms with Gasteiger partial charge >= 0.3 is 5.97 Å². The Morgan fingerprint density at radius 1 is 1.29 bits per heavy atom. The Kier molecular flexibility index (Phi) is 3.73. The van der Waals surface area contributed by atoms with Crippen LogP contribution in [0.1, 0.15) is 36.2 Å². The highest BCUT2D eigenvalue weighted by molar-refractivity contribution is 5.89. The molecule has 2 aliphatic heterocycles. The van der Waals surface area contributed by atoms with Crippen LogP contribution in [-0.2, 0) is 18.9 Å². The summed E-state index contributed by atoms with van der Waals surface area (Å²) in [7, 11) is 0. The van der Waals surface area contributed by atoms with Crippen LogP contribution < -0.4 is 0 Å². The lowest BCUT2D eigenvalue weighted by Gasteiger charge is -2.20. The van der Waals surface area contributed by atoms with Gasteiger partial charge in [0.1, 0.15) is 12.7 Å². The summed E-state index contributed by atoms with van der Waals surface area (Å²) >= 11 is 0. The van der Waals surface area contributed by atoms with E-state index in [2.05, 4.69) is 0 Å². The smallest absolute Gasteiger partial charge is 0.338 e. The predicted molar refractivity (Wildman–Crippen MR) is 74.8 cm³/mol. The first kappa shape index (κ1) is 14.5. The van der Waals surface area contributed by atoms with Crippen LogP contribution in [-0.4, -0.2) is 36.9 Å². The van der Waals surface area contributed by atoms with Gasteiger partial charge in [0.15, 0.2) is 12.1 Å². The van der Waals surface area contributed by atoms with Gasteiger partial charge in [-0.3, -0.25) is 0 Å². The maximum atomic E-state index is 11.9. The normalized spacial score (nSPS) is 30.1. The number of ether oxygens (including phenoxy) is 4. The molecule has 2 fully saturated rings. The molecule has 5 nitrogen and oxygen atoms in total. The Labute approximate surface area is 124 Å². The van der Waals surface area contributed by atoms with Crippen LogP contribution in [0.5, 0.6) is 0 Å². The monoisotopic (exact) mass is 292 g/mol. The number of rotatable bonds is 3. The van der Waals surface area contributed by atoms with Gasteiger partial charge in [-0.25, -0.2) is 4.79 Å². The van der Waals surface area contributed by atoms with Crippen molar-refractivity contribution in [3.8, 4) is 0 Å². The molecule has 1 aromatic rings. The third-order valence-electron chi connectivity index (χ3n) is 3.65. The van der Waals surface area contributed by atoms with Gasteiger partial charge in [-0.15, -0.1) is 0 Å². The molecule has 0 saturated carbocycles. The van der Waals surface area contributed by atoms with Crippen molar-refractivity contribution >= 4 is 5.97 Å². The first-order valence-electron chi connectivity index (χ1n) is 7.18. The number of hydrogen-bond donors (Lipinski definition) is 0. The molecule has 114 valence electrons. The topological polar surface area (TPSA) is 54.0 Å². The van der Waals surface area contributed by atoms with Crippen LogP contribution in [0.2, 0.25) is 0 Å². The van der Waals surface area contributed by atoms with E-state index in [1.54, 1.807) is 12.1 Å². The largest absolute Gasteiger partial charge is 0.459 e. The Morgan fingerprint density at radius 2 is 2.00 bits per heavy atom. The number of esters is 1. The van der Waals surface area contributed by atoms with Crippen molar-refractivity contribution in [2.24, 2.45) is 0 Å². The molecule has 1 aromatic carbocycles. The molecule has 0 aliphatic carbocycles. The van der Waals surface area contributed by atoms with E-state index in [0.29, 0.717) is 12.0 Å². The highest BCUT2D eigenvalue weighted by atomic mass is 16.8.